The van der Waals surface area contributed by atoms with Gasteiger partial charge in [0.15, 0.2) is 5.17 Å². The molecule has 9 N–H and O–H groups in total. The Hall–Kier alpha value is -2.14. The molecule has 9 nitrogen and oxygen atoms in total. The average Bonchev–Trinajstić information content (AvgIpc) is 2.72. The van der Waals surface area contributed by atoms with Gasteiger partial charge in [-0.05, 0) is 24.6 Å². The summed E-state index contributed by atoms with van der Waals surface area (Å²) < 4.78 is 0. The maximum Gasteiger partial charge on any atom is 0.275 e. The van der Waals surface area contributed by atoms with Crippen molar-refractivity contribution in [1.82, 2.24) is 10.7 Å². The summed E-state index contributed by atoms with van der Waals surface area (Å²) in [6.07, 6.45) is 0. The van der Waals surface area contributed by atoms with Crippen LogP contribution in [0.3, 0.4) is 0 Å². The van der Waals surface area contributed by atoms with Crippen LogP contribution < -0.4 is 10.7 Å². The van der Waals surface area contributed by atoms with E-state index in [-0.39, 0.29) is 33.6 Å². The highest BCUT2D eigenvalue weighted by atomic mass is 32.2. The maximum atomic E-state index is 11.7. The zero-order chi connectivity index (χ0) is 13.1. The van der Waals surface area contributed by atoms with Gasteiger partial charge in [-0.1, -0.05) is 17.8 Å². The second-order valence-corrected chi connectivity index (χ2v) is 4.68. The number of nitrogens with one attached hydrogen (secondary N) is 2. The van der Waals surface area contributed by atoms with Crippen LogP contribution in [0.1, 0.15) is 15.9 Å². The number of phenols is 1. The summed E-state index contributed by atoms with van der Waals surface area (Å²) in [5.41, 5.74) is 3.27. The van der Waals surface area contributed by atoms with Crippen molar-refractivity contribution in [3.05, 3.63) is 29.3 Å². The molecule has 2 amide bonds. The molecule has 0 aliphatic carbocycles. The second-order valence-electron chi connectivity index (χ2n) is 3.72. The summed E-state index contributed by atoms with van der Waals surface area (Å²) in [6.45, 7) is 1.81. The summed E-state index contributed by atoms with van der Waals surface area (Å²) in [5.74, 6) is -0.478. The minimum atomic E-state index is -0.526. The number of aryl methyl sites for hydroxylation is 1. The largest absolute Gasteiger partial charge is 0.507 e. The smallest absolute Gasteiger partial charge is 0.275 e. The summed E-state index contributed by atoms with van der Waals surface area (Å²) in [5, 5.41) is 16.2. The van der Waals surface area contributed by atoms with E-state index in [9.17, 15) is 14.7 Å². The Bertz CT molecular complexity index is 549. The molecule has 1 heterocycles. The Morgan fingerprint density at radius 2 is 2.05 bits per heavy atom. The highest BCUT2D eigenvalue weighted by molar-refractivity contribution is 8.15. The van der Waals surface area contributed by atoms with Crippen molar-refractivity contribution in [2.45, 2.75) is 6.92 Å². The third-order valence-corrected chi connectivity index (χ3v) is 3.12. The molecule has 0 aromatic heterocycles. The van der Waals surface area contributed by atoms with E-state index in [1.807, 2.05) is 6.92 Å². The standard InChI is InChI=1S/C11H11N3O3S.3H2O/c1-6-2-3-7(8(15)4-6)10(17)13-14-11-12-9(16)5-18-11;;;/h2-4,15H,5H2,1H3,(H,13,17)(H,12,14,16);3*1H2. The third-order valence-electron chi connectivity index (χ3n) is 2.24. The van der Waals surface area contributed by atoms with Crippen molar-refractivity contribution in [2.24, 2.45) is 5.10 Å². The minimum Gasteiger partial charge on any atom is -0.507 e. The first kappa shape index (κ1) is 21.2. The predicted octanol–water partition coefficient (Wildman–Crippen LogP) is -1.91. The molecular formula is C11H17N3O6S. The topological polar surface area (TPSA) is 185 Å². The summed E-state index contributed by atoms with van der Waals surface area (Å²) >= 11 is 1.21. The summed E-state index contributed by atoms with van der Waals surface area (Å²) in [7, 11) is 0. The quantitative estimate of drug-likeness (QED) is 0.537. The van der Waals surface area contributed by atoms with Crippen molar-refractivity contribution < 1.29 is 31.1 Å². The van der Waals surface area contributed by atoms with Gasteiger partial charge >= 0.3 is 0 Å². The van der Waals surface area contributed by atoms with Gasteiger partial charge in [-0.25, -0.2) is 5.43 Å². The van der Waals surface area contributed by atoms with Gasteiger partial charge in [-0.15, -0.1) is 5.10 Å². The number of hydrogen-bond acceptors (Lipinski definition) is 5. The molecular weight excluding hydrogens is 302 g/mol. The zero-order valence-corrected chi connectivity index (χ0v) is 11.9. The van der Waals surface area contributed by atoms with Crippen molar-refractivity contribution in [2.75, 3.05) is 5.75 Å². The lowest BCUT2D eigenvalue weighted by molar-refractivity contribution is -0.116. The van der Waals surface area contributed by atoms with Gasteiger partial charge in [0.25, 0.3) is 5.91 Å². The normalized spacial score (nSPS) is 14.3. The van der Waals surface area contributed by atoms with Gasteiger partial charge in [-0.3, -0.25) is 9.59 Å². The van der Waals surface area contributed by atoms with E-state index in [0.29, 0.717) is 10.9 Å². The van der Waals surface area contributed by atoms with Crippen molar-refractivity contribution in [3.63, 3.8) is 0 Å². The fourth-order valence-electron chi connectivity index (χ4n) is 1.38. The van der Waals surface area contributed by atoms with Crippen molar-refractivity contribution >= 4 is 28.7 Å². The van der Waals surface area contributed by atoms with E-state index in [1.54, 1.807) is 6.07 Å². The fraction of sp³-hybridized carbons (Fsp3) is 0.182. The van der Waals surface area contributed by atoms with Crippen LogP contribution in [0.4, 0.5) is 0 Å². The average molecular weight is 319 g/mol. The predicted molar refractivity (Wildman–Crippen MR) is 79.2 cm³/mol. The number of rotatable bonds is 2. The van der Waals surface area contributed by atoms with Crippen LogP contribution >= 0.6 is 11.8 Å². The molecule has 0 radical (unpaired) electrons. The number of thioether (sulfide) groups is 1. The number of phenolic OH excluding ortho intramolecular Hbond substituents is 1. The molecule has 0 atom stereocenters. The Morgan fingerprint density at radius 3 is 2.57 bits per heavy atom. The highest BCUT2D eigenvalue weighted by Crippen LogP contribution is 2.18. The SMILES string of the molecule is Cc1ccc(C(=O)N/N=C2/NC(=O)CS2)c(O)c1.O.O.O. The molecule has 1 aliphatic rings. The molecule has 1 aromatic carbocycles. The lowest BCUT2D eigenvalue weighted by Gasteiger charge is -2.04. The van der Waals surface area contributed by atoms with Crippen molar-refractivity contribution in [1.29, 1.82) is 0 Å². The van der Waals surface area contributed by atoms with Gasteiger partial charge in [0.1, 0.15) is 5.75 Å². The number of amidine groups is 1. The lowest BCUT2D eigenvalue weighted by Crippen LogP contribution is -2.25. The first-order valence-corrected chi connectivity index (χ1v) is 6.15. The maximum absolute atomic E-state index is 11.7. The zero-order valence-electron chi connectivity index (χ0n) is 11.1. The third kappa shape index (κ3) is 5.39. The monoisotopic (exact) mass is 319 g/mol. The van der Waals surface area contributed by atoms with Crippen LogP contribution in [0.25, 0.3) is 0 Å². The van der Waals surface area contributed by atoms with Gasteiger partial charge < -0.3 is 26.9 Å². The van der Waals surface area contributed by atoms with Gasteiger partial charge in [0, 0.05) is 0 Å². The molecule has 1 fully saturated rings. The first-order chi connectivity index (χ1) is 8.56. The van der Waals surface area contributed by atoms with Crippen LogP contribution in [-0.2, 0) is 4.79 Å². The van der Waals surface area contributed by atoms with E-state index in [4.69, 9.17) is 0 Å². The van der Waals surface area contributed by atoms with Crippen LogP contribution in [0.2, 0.25) is 0 Å². The molecule has 10 heteroatoms. The number of carbonyl (C=O) groups excluding carboxylic acids is 2. The summed E-state index contributed by atoms with van der Waals surface area (Å²) in [4.78, 5) is 22.6. The molecule has 0 unspecified atom stereocenters. The van der Waals surface area contributed by atoms with Gasteiger partial charge in [0.2, 0.25) is 5.91 Å². The Morgan fingerprint density at radius 1 is 1.38 bits per heavy atom. The van der Waals surface area contributed by atoms with Gasteiger partial charge in [0.05, 0.1) is 11.3 Å². The Balaban J connectivity index is 0. The Kier molecular flexibility index (Phi) is 8.99. The number of carbonyl (C=O) groups is 2. The first-order valence-electron chi connectivity index (χ1n) is 5.16. The molecule has 1 saturated heterocycles. The fourth-order valence-corrected chi connectivity index (χ4v) is 2.02. The summed E-state index contributed by atoms with van der Waals surface area (Å²) in [6, 6.07) is 4.72. The van der Waals surface area contributed by atoms with E-state index < -0.39 is 5.91 Å². The molecule has 0 saturated carbocycles. The van der Waals surface area contributed by atoms with Crippen LogP contribution in [-0.4, -0.2) is 44.3 Å². The second kappa shape index (κ2) is 8.92. The minimum absolute atomic E-state index is 0. The number of aromatic hydroxyl groups is 1. The number of hydrazone groups is 1. The number of hydrogen-bond donors (Lipinski definition) is 3. The molecule has 2 rings (SSSR count). The van der Waals surface area contributed by atoms with E-state index in [1.165, 1.54) is 23.9 Å². The van der Waals surface area contributed by atoms with E-state index >= 15 is 0 Å². The van der Waals surface area contributed by atoms with Crippen molar-refractivity contribution in [3.8, 4) is 5.75 Å². The molecule has 1 aliphatic heterocycles. The molecule has 21 heavy (non-hydrogen) atoms. The Labute approximate surface area is 124 Å². The lowest BCUT2D eigenvalue weighted by atomic mass is 10.1. The van der Waals surface area contributed by atoms with Crippen LogP contribution in [0, 0.1) is 6.92 Å². The molecule has 0 bridgehead atoms. The number of amides is 2. The number of nitrogens with zero attached hydrogens (tertiary/aromatic N) is 1. The van der Waals surface area contributed by atoms with E-state index in [0.717, 1.165) is 5.56 Å². The molecule has 1 aromatic rings. The molecule has 0 spiro atoms. The molecule has 118 valence electrons. The van der Waals surface area contributed by atoms with Crippen LogP contribution in [0.15, 0.2) is 23.3 Å². The van der Waals surface area contributed by atoms with Crippen LogP contribution in [0.5, 0.6) is 5.75 Å². The van der Waals surface area contributed by atoms with E-state index in [2.05, 4.69) is 15.8 Å². The highest BCUT2D eigenvalue weighted by Gasteiger charge is 2.17. The number of benzene rings is 1. The van der Waals surface area contributed by atoms with Gasteiger partial charge in [-0.2, -0.15) is 0 Å².